The molecule has 25 heavy (non-hydrogen) atoms. The number of amides is 2. The van der Waals surface area contributed by atoms with Crippen molar-refractivity contribution in [1.82, 2.24) is 14.9 Å². The second kappa shape index (κ2) is 8.66. The zero-order valence-corrected chi connectivity index (χ0v) is 15.0. The Morgan fingerprint density at radius 3 is 2.88 bits per heavy atom. The number of likely N-dealkylation sites (N-methyl/N-ethyl adjacent to an activating group) is 1. The predicted molar refractivity (Wildman–Crippen MR) is 93.3 cm³/mol. The van der Waals surface area contributed by atoms with Crippen LogP contribution in [0.25, 0.3) is 0 Å². The first kappa shape index (κ1) is 19.0. The summed E-state index contributed by atoms with van der Waals surface area (Å²) in [5.41, 5.74) is 2.15. The van der Waals surface area contributed by atoms with Crippen molar-refractivity contribution in [2.45, 2.75) is 38.6 Å². The van der Waals surface area contributed by atoms with Gasteiger partial charge in [-0.25, -0.2) is 14.8 Å². The highest BCUT2D eigenvalue weighted by Crippen LogP contribution is 2.20. The van der Waals surface area contributed by atoms with Crippen molar-refractivity contribution in [1.29, 1.82) is 0 Å². The fourth-order valence-electron chi connectivity index (χ4n) is 2.88. The summed E-state index contributed by atoms with van der Waals surface area (Å²) in [7, 11) is 2.83. The summed E-state index contributed by atoms with van der Waals surface area (Å²) in [4.78, 5) is 34.1. The Bertz CT molecular complexity index is 623. The van der Waals surface area contributed by atoms with Crippen molar-refractivity contribution >= 4 is 17.8 Å². The first-order chi connectivity index (χ1) is 11.9. The second-order valence-corrected chi connectivity index (χ2v) is 6.11. The van der Waals surface area contributed by atoms with E-state index in [1.165, 1.54) is 19.7 Å². The van der Waals surface area contributed by atoms with Crippen LogP contribution in [0.1, 0.15) is 31.0 Å². The maximum atomic E-state index is 12.1. The quantitative estimate of drug-likeness (QED) is 0.728. The molecular weight excluding hydrogens is 324 g/mol. The summed E-state index contributed by atoms with van der Waals surface area (Å²) < 4.78 is 0. The van der Waals surface area contributed by atoms with Gasteiger partial charge in [-0.1, -0.05) is 6.07 Å². The van der Waals surface area contributed by atoms with E-state index >= 15 is 0 Å². The van der Waals surface area contributed by atoms with Gasteiger partial charge >= 0.3 is 6.09 Å². The molecule has 0 spiro atoms. The molecule has 0 bridgehead atoms. The van der Waals surface area contributed by atoms with E-state index in [0.717, 1.165) is 40.9 Å². The molecule has 2 rings (SSSR count). The van der Waals surface area contributed by atoms with Crippen LogP contribution < -0.4 is 5.32 Å². The van der Waals surface area contributed by atoms with Gasteiger partial charge in [0.2, 0.25) is 0 Å². The van der Waals surface area contributed by atoms with Crippen LogP contribution in [0.4, 0.5) is 10.6 Å². The van der Waals surface area contributed by atoms with Crippen molar-refractivity contribution in [3.8, 4) is 0 Å². The van der Waals surface area contributed by atoms with Crippen LogP contribution in [0.2, 0.25) is 0 Å². The van der Waals surface area contributed by atoms with Crippen molar-refractivity contribution in [3.05, 3.63) is 23.4 Å². The zero-order chi connectivity index (χ0) is 18.4. The first-order valence-electron chi connectivity index (χ1n) is 8.48. The van der Waals surface area contributed by atoms with Crippen LogP contribution >= 0.6 is 0 Å². The summed E-state index contributed by atoms with van der Waals surface area (Å²) >= 11 is 0. The normalized spacial score (nSPS) is 14.2. The monoisotopic (exact) mass is 350 g/mol. The van der Waals surface area contributed by atoms with Crippen LogP contribution in [0.5, 0.6) is 0 Å². The standard InChI is InChI=1S/C17H26N4O4/c1-12(16(22)20(2)25-3)21(17(23)24)11-5-7-14-9-8-13-6-4-10-18-15(13)19-14/h8-9,12H,4-7,10-11H2,1-3H3,(H,18,19)(H,23,24). The number of aromatic nitrogens is 1. The van der Waals surface area contributed by atoms with Gasteiger partial charge in [-0.15, -0.1) is 0 Å². The Balaban J connectivity index is 1.93. The van der Waals surface area contributed by atoms with Crippen molar-refractivity contribution in [2.24, 2.45) is 0 Å². The van der Waals surface area contributed by atoms with Crippen LogP contribution in [-0.2, 0) is 22.5 Å². The molecule has 8 heteroatoms. The molecule has 0 fully saturated rings. The molecule has 0 aliphatic carbocycles. The topological polar surface area (TPSA) is 95.0 Å². The molecule has 1 aromatic heterocycles. The van der Waals surface area contributed by atoms with E-state index in [9.17, 15) is 14.7 Å². The molecule has 2 heterocycles. The van der Waals surface area contributed by atoms with Crippen LogP contribution in [0.3, 0.4) is 0 Å². The van der Waals surface area contributed by atoms with E-state index in [4.69, 9.17) is 4.84 Å². The van der Waals surface area contributed by atoms with Gasteiger partial charge in [0.05, 0.1) is 7.11 Å². The molecule has 0 aromatic carbocycles. The minimum absolute atomic E-state index is 0.256. The van der Waals surface area contributed by atoms with E-state index in [2.05, 4.69) is 16.4 Å². The molecule has 1 aliphatic rings. The highest BCUT2D eigenvalue weighted by atomic mass is 16.7. The molecular formula is C17H26N4O4. The van der Waals surface area contributed by atoms with E-state index in [0.29, 0.717) is 12.8 Å². The Hall–Kier alpha value is -2.35. The number of aryl methyl sites for hydroxylation is 2. The van der Waals surface area contributed by atoms with Gasteiger partial charge in [0.1, 0.15) is 11.9 Å². The van der Waals surface area contributed by atoms with Crippen LogP contribution in [0, 0.1) is 0 Å². The molecule has 1 aliphatic heterocycles. The lowest BCUT2D eigenvalue weighted by Crippen LogP contribution is -2.48. The minimum atomic E-state index is -1.12. The fraction of sp³-hybridized carbons (Fsp3) is 0.588. The maximum Gasteiger partial charge on any atom is 0.407 e. The minimum Gasteiger partial charge on any atom is -0.465 e. The number of hydrogen-bond acceptors (Lipinski definition) is 5. The van der Waals surface area contributed by atoms with Gasteiger partial charge in [0.25, 0.3) is 5.91 Å². The molecule has 1 aromatic rings. The molecule has 1 unspecified atom stereocenters. The maximum absolute atomic E-state index is 12.1. The molecule has 8 nitrogen and oxygen atoms in total. The largest absolute Gasteiger partial charge is 0.465 e. The number of hydroxylamine groups is 2. The van der Waals surface area contributed by atoms with Crippen LogP contribution in [-0.4, -0.2) is 65.3 Å². The molecule has 2 amide bonds. The summed E-state index contributed by atoms with van der Waals surface area (Å²) in [5, 5.41) is 13.7. The first-order valence-corrected chi connectivity index (χ1v) is 8.48. The Kier molecular flexibility index (Phi) is 6.58. The molecule has 2 N–H and O–H groups in total. The summed E-state index contributed by atoms with van der Waals surface area (Å²) in [5.74, 6) is 0.533. The highest BCUT2D eigenvalue weighted by Gasteiger charge is 2.27. The van der Waals surface area contributed by atoms with Crippen molar-refractivity contribution in [2.75, 3.05) is 32.6 Å². The molecule has 0 radical (unpaired) electrons. The van der Waals surface area contributed by atoms with Crippen molar-refractivity contribution < 1.29 is 19.5 Å². The van der Waals surface area contributed by atoms with Gasteiger partial charge in [0.15, 0.2) is 0 Å². The lowest BCUT2D eigenvalue weighted by Gasteiger charge is -2.28. The lowest BCUT2D eigenvalue weighted by atomic mass is 10.1. The number of nitrogens with zero attached hydrogens (tertiary/aromatic N) is 3. The number of carbonyl (C=O) groups is 2. The number of hydrogen-bond donors (Lipinski definition) is 2. The third kappa shape index (κ3) is 4.82. The number of nitrogens with one attached hydrogen (secondary N) is 1. The fourth-order valence-corrected chi connectivity index (χ4v) is 2.88. The summed E-state index contributed by atoms with van der Waals surface area (Å²) in [6, 6.07) is 3.27. The predicted octanol–water partition coefficient (Wildman–Crippen LogP) is 1.76. The average Bonchev–Trinajstić information content (AvgIpc) is 2.63. The summed E-state index contributed by atoms with van der Waals surface area (Å²) in [6.45, 7) is 2.75. The lowest BCUT2D eigenvalue weighted by molar-refractivity contribution is -0.173. The van der Waals surface area contributed by atoms with E-state index in [1.54, 1.807) is 6.92 Å². The zero-order valence-electron chi connectivity index (χ0n) is 15.0. The molecule has 1 atom stereocenters. The Labute approximate surface area is 147 Å². The molecule has 0 saturated heterocycles. The number of rotatable bonds is 7. The van der Waals surface area contributed by atoms with Gasteiger partial charge in [-0.3, -0.25) is 14.5 Å². The van der Waals surface area contributed by atoms with Gasteiger partial charge in [-0.05, 0) is 44.2 Å². The number of pyridine rings is 1. The molecule has 0 saturated carbocycles. The van der Waals surface area contributed by atoms with Gasteiger partial charge in [0, 0.05) is 25.8 Å². The SMILES string of the molecule is CON(C)C(=O)C(C)N(CCCc1ccc2c(n1)NCCC2)C(=O)O. The van der Waals surface area contributed by atoms with Crippen molar-refractivity contribution in [3.63, 3.8) is 0 Å². The smallest absolute Gasteiger partial charge is 0.407 e. The number of carboxylic acid groups (broad SMARTS) is 1. The second-order valence-electron chi connectivity index (χ2n) is 6.11. The Morgan fingerprint density at radius 2 is 2.20 bits per heavy atom. The Morgan fingerprint density at radius 1 is 1.44 bits per heavy atom. The third-order valence-corrected chi connectivity index (χ3v) is 4.44. The summed E-state index contributed by atoms with van der Waals surface area (Å²) in [6.07, 6.45) is 2.27. The third-order valence-electron chi connectivity index (χ3n) is 4.44. The van der Waals surface area contributed by atoms with E-state index in [1.807, 2.05) is 6.07 Å². The van der Waals surface area contributed by atoms with E-state index in [-0.39, 0.29) is 6.54 Å². The number of carbonyl (C=O) groups excluding carboxylic acids is 1. The highest BCUT2D eigenvalue weighted by molar-refractivity contribution is 5.84. The van der Waals surface area contributed by atoms with E-state index < -0.39 is 18.0 Å². The van der Waals surface area contributed by atoms with Gasteiger partial charge < -0.3 is 10.4 Å². The van der Waals surface area contributed by atoms with Gasteiger partial charge in [-0.2, -0.15) is 0 Å². The van der Waals surface area contributed by atoms with Crippen LogP contribution in [0.15, 0.2) is 12.1 Å². The number of fused-ring (bicyclic) bond motifs is 1. The molecule has 138 valence electrons. The average molecular weight is 350 g/mol. The number of anilines is 1.